The normalized spacial score (nSPS) is 11.0. The number of carbonyl (C=O) groups is 1. The monoisotopic (exact) mass is 454 g/mol. The van der Waals surface area contributed by atoms with Gasteiger partial charge >= 0.3 is 5.97 Å². The first-order chi connectivity index (χ1) is 13.4. The van der Waals surface area contributed by atoms with Gasteiger partial charge in [0.15, 0.2) is 5.43 Å². The van der Waals surface area contributed by atoms with Crippen molar-refractivity contribution in [1.82, 2.24) is 0 Å². The molecule has 0 spiro atoms. The number of thiophene rings is 1. The Labute approximate surface area is 173 Å². The summed E-state index contributed by atoms with van der Waals surface area (Å²) in [7, 11) is 0. The first-order valence-corrected chi connectivity index (χ1v) is 10.2. The Kier molecular flexibility index (Phi) is 4.91. The topological polar surface area (TPSA) is 56.5 Å². The molecule has 28 heavy (non-hydrogen) atoms. The van der Waals surface area contributed by atoms with Crippen LogP contribution >= 0.6 is 27.3 Å². The number of aryl methyl sites for hydroxylation is 2. The van der Waals surface area contributed by atoms with Gasteiger partial charge in [0.25, 0.3) is 0 Å². The average Bonchev–Trinajstić information content (AvgIpc) is 3.24. The van der Waals surface area contributed by atoms with E-state index in [1.54, 1.807) is 44.2 Å². The van der Waals surface area contributed by atoms with Crippen molar-refractivity contribution >= 4 is 44.0 Å². The molecule has 2 aromatic heterocycles. The molecule has 0 unspecified atom stereocenters. The number of benzene rings is 1. The summed E-state index contributed by atoms with van der Waals surface area (Å²) in [5.41, 5.74) is 0.941. The Morgan fingerprint density at radius 2 is 1.82 bits per heavy atom. The van der Waals surface area contributed by atoms with Crippen LogP contribution in [0.1, 0.15) is 21.9 Å². The van der Waals surface area contributed by atoms with E-state index in [4.69, 9.17) is 9.15 Å². The molecule has 4 nitrogen and oxygen atoms in total. The molecule has 2 aromatic carbocycles. The number of carbonyl (C=O) groups excluding carboxylic acids is 1. The van der Waals surface area contributed by atoms with Gasteiger partial charge in [-0.1, -0.05) is 28.1 Å². The maximum Gasteiger partial charge on any atom is 0.343 e. The maximum absolute atomic E-state index is 12.9. The second-order valence-electron chi connectivity index (χ2n) is 6.31. The zero-order valence-corrected chi connectivity index (χ0v) is 17.5. The molecule has 4 aromatic rings. The molecule has 140 valence electrons. The van der Waals surface area contributed by atoms with E-state index in [0.717, 1.165) is 9.35 Å². The molecule has 0 saturated heterocycles. The van der Waals surface area contributed by atoms with Crippen molar-refractivity contribution in [3.8, 4) is 16.2 Å². The van der Waals surface area contributed by atoms with Gasteiger partial charge in [0.1, 0.15) is 17.3 Å². The van der Waals surface area contributed by atoms with Crippen molar-refractivity contribution in [2.45, 2.75) is 13.8 Å². The van der Waals surface area contributed by atoms with Crippen LogP contribution in [0.5, 0.6) is 5.75 Å². The molecule has 0 fully saturated rings. The van der Waals surface area contributed by atoms with E-state index >= 15 is 0 Å². The standard InChI is InChI=1S/C22H15BrO4S/c1-12-20-17(24)10-15(19-7-4-8-28-19)11-18(21(20)13(2)26-12)27-22(25)14-5-3-6-16(23)9-14/h3-11H,1-2H3. The summed E-state index contributed by atoms with van der Waals surface area (Å²) >= 11 is 4.88. The third-order valence-electron chi connectivity index (χ3n) is 4.39. The number of halogens is 1. The van der Waals surface area contributed by atoms with Gasteiger partial charge in [0, 0.05) is 9.35 Å². The minimum Gasteiger partial charge on any atom is -0.465 e. The third-order valence-corrected chi connectivity index (χ3v) is 5.81. The number of hydrogen-bond donors (Lipinski definition) is 0. The number of rotatable bonds is 3. The van der Waals surface area contributed by atoms with Gasteiger partial charge in [-0.15, -0.1) is 11.3 Å². The summed E-state index contributed by atoms with van der Waals surface area (Å²) in [6, 6.07) is 14.1. The van der Waals surface area contributed by atoms with E-state index in [0.29, 0.717) is 39.2 Å². The number of hydrogen-bond acceptors (Lipinski definition) is 5. The number of fused-ring (bicyclic) bond motifs is 1. The van der Waals surface area contributed by atoms with Crippen LogP contribution in [0.15, 0.2) is 67.6 Å². The molecular weight excluding hydrogens is 440 g/mol. The summed E-state index contributed by atoms with van der Waals surface area (Å²) in [5, 5.41) is 2.89. The fourth-order valence-corrected chi connectivity index (χ4v) is 4.30. The lowest BCUT2D eigenvalue weighted by atomic mass is 10.2. The molecule has 0 bridgehead atoms. The van der Waals surface area contributed by atoms with Crippen molar-refractivity contribution in [3.05, 3.63) is 85.7 Å². The largest absolute Gasteiger partial charge is 0.465 e. The lowest BCUT2D eigenvalue weighted by Crippen LogP contribution is -2.08. The Hall–Kier alpha value is -2.70. The van der Waals surface area contributed by atoms with Crippen LogP contribution < -0.4 is 10.2 Å². The smallest absolute Gasteiger partial charge is 0.343 e. The quantitative estimate of drug-likeness (QED) is 0.349. The van der Waals surface area contributed by atoms with Gasteiger partial charge in [-0.3, -0.25) is 4.79 Å². The predicted octanol–water partition coefficient (Wildman–Crippen LogP) is 6.12. The molecule has 0 N–H and O–H groups in total. The van der Waals surface area contributed by atoms with Crippen LogP contribution in [0.25, 0.3) is 21.2 Å². The third kappa shape index (κ3) is 3.41. The Morgan fingerprint density at radius 1 is 1.04 bits per heavy atom. The van der Waals surface area contributed by atoms with Crippen LogP contribution in [0, 0.1) is 13.8 Å². The molecule has 0 aliphatic rings. The number of furan rings is 1. The first kappa shape index (κ1) is 18.7. The summed E-state index contributed by atoms with van der Waals surface area (Å²) in [6.45, 7) is 3.50. The Morgan fingerprint density at radius 3 is 2.54 bits per heavy atom. The van der Waals surface area contributed by atoms with E-state index in [-0.39, 0.29) is 5.43 Å². The van der Waals surface area contributed by atoms with Crippen molar-refractivity contribution in [1.29, 1.82) is 0 Å². The van der Waals surface area contributed by atoms with Crippen molar-refractivity contribution in [3.63, 3.8) is 0 Å². The van der Waals surface area contributed by atoms with Crippen molar-refractivity contribution in [2.24, 2.45) is 0 Å². The highest BCUT2D eigenvalue weighted by Crippen LogP contribution is 2.35. The van der Waals surface area contributed by atoms with Crippen LogP contribution in [-0.4, -0.2) is 5.97 Å². The highest BCUT2D eigenvalue weighted by molar-refractivity contribution is 9.10. The van der Waals surface area contributed by atoms with Crippen LogP contribution in [0.2, 0.25) is 0 Å². The van der Waals surface area contributed by atoms with Crippen LogP contribution in [-0.2, 0) is 0 Å². The number of ether oxygens (including phenoxy) is 1. The van der Waals surface area contributed by atoms with Crippen LogP contribution in [0.4, 0.5) is 0 Å². The molecule has 4 rings (SSSR count). The summed E-state index contributed by atoms with van der Waals surface area (Å²) < 4.78 is 12.2. The van der Waals surface area contributed by atoms with E-state index in [1.165, 1.54) is 11.3 Å². The van der Waals surface area contributed by atoms with Crippen molar-refractivity contribution < 1.29 is 13.9 Å². The van der Waals surface area contributed by atoms with Crippen LogP contribution in [0.3, 0.4) is 0 Å². The molecular formula is C22H15BrO4S. The highest BCUT2D eigenvalue weighted by atomic mass is 79.9. The highest BCUT2D eigenvalue weighted by Gasteiger charge is 2.19. The van der Waals surface area contributed by atoms with E-state index < -0.39 is 5.97 Å². The molecule has 0 aliphatic carbocycles. The second kappa shape index (κ2) is 7.37. The van der Waals surface area contributed by atoms with E-state index in [9.17, 15) is 9.59 Å². The van der Waals surface area contributed by atoms with Crippen molar-refractivity contribution in [2.75, 3.05) is 0 Å². The molecule has 6 heteroatoms. The Balaban J connectivity index is 1.94. The fourth-order valence-electron chi connectivity index (χ4n) is 3.19. The molecule has 0 saturated carbocycles. The van der Waals surface area contributed by atoms with Gasteiger partial charge in [0.05, 0.1) is 16.3 Å². The molecule has 0 aliphatic heterocycles. The summed E-state index contributed by atoms with van der Waals surface area (Å²) in [4.78, 5) is 26.6. The zero-order valence-electron chi connectivity index (χ0n) is 15.1. The van der Waals surface area contributed by atoms with Gasteiger partial charge in [-0.25, -0.2) is 4.79 Å². The lowest BCUT2D eigenvalue weighted by Gasteiger charge is -2.05. The SMILES string of the molecule is Cc1oc(C)c2c(=O)cc(-c3cccs3)cc(OC(=O)c3cccc(Br)c3)c12. The molecule has 0 atom stereocenters. The van der Waals surface area contributed by atoms with Gasteiger partial charge < -0.3 is 9.15 Å². The molecule has 0 amide bonds. The van der Waals surface area contributed by atoms with E-state index in [1.807, 2.05) is 23.6 Å². The number of esters is 1. The maximum atomic E-state index is 12.9. The lowest BCUT2D eigenvalue weighted by molar-refractivity contribution is 0.0737. The molecule has 0 radical (unpaired) electrons. The average molecular weight is 455 g/mol. The van der Waals surface area contributed by atoms with E-state index in [2.05, 4.69) is 15.9 Å². The minimum absolute atomic E-state index is 0.169. The fraction of sp³-hybridized carbons (Fsp3) is 0.0909. The Bertz CT molecular complexity index is 1260. The minimum atomic E-state index is -0.503. The zero-order chi connectivity index (χ0) is 19.8. The molecule has 2 heterocycles. The first-order valence-electron chi connectivity index (χ1n) is 8.53. The second-order valence-corrected chi connectivity index (χ2v) is 8.18. The van der Waals surface area contributed by atoms with Gasteiger partial charge in [0.2, 0.25) is 0 Å². The summed E-state index contributed by atoms with van der Waals surface area (Å²) in [6.07, 6.45) is 0. The summed E-state index contributed by atoms with van der Waals surface area (Å²) in [5.74, 6) is 0.844. The van der Waals surface area contributed by atoms with Gasteiger partial charge in [-0.2, -0.15) is 0 Å². The van der Waals surface area contributed by atoms with Gasteiger partial charge in [-0.05, 0) is 61.2 Å². The predicted molar refractivity (Wildman–Crippen MR) is 114 cm³/mol.